The molecule has 5 nitrogen and oxygen atoms in total. The predicted molar refractivity (Wildman–Crippen MR) is 91.7 cm³/mol. The van der Waals surface area contributed by atoms with Gasteiger partial charge in [0.05, 0.1) is 11.6 Å². The second-order valence-electron chi connectivity index (χ2n) is 6.24. The Labute approximate surface area is 153 Å². The van der Waals surface area contributed by atoms with E-state index >= 15 is 0 Å². The fraction of sp³-hybridized carbons (Fsp3) is 0.263. The van der Waals surface area contributed by atoms with Crippen LogP contribution in [0.5, 0.6) is 5.75 Å². The maximum Gasteiger partial charge on any atom is 0.229 e. The number of amides is 2. The summed E-state index contributed by atoms with van der Waals surface area (Å²) in [6.45, 7) is 1.36. The van der Waals surface area contributed by atoms with E-state index in [-0.39, 0.29) is 29.8 Å². The van der Waals surface area contributed by atoms with Crippen LogP contribution in [0.4, 0.5) is 18.9 Å². The summed E-state index contributed by atoms with van der Waals surface area (Å²) in [5.41, 5.74) is 0.257. The van der Waals surface area contributed by atoms with E-state index < -0.39 is 24.1 Å². The van der Waals surface area contributed by atoms with Crippen molar-refractivity contribution in [2.24, 2.45) is 0 Å². The predicted octanol–water partition coefficient (Wildman–Crippen LogP) is 2.92. The third-order valence-corrected chi connectivity index (χ3v) is 4.17. The van der Waals surface area contributed by atoms with E-state index in [1.165, 1.54) is 6.92 Å². The lowest BCUT2D eigenvalue weighted by molar-refractivity contribution is -0.119. The number of halogens is 3. The normalized spacial score (nSPS) is 16.5. The number of carbonyl (C=O) groups excluding carboxylic acids is 2. The van der Waals surface area contributed by atoms with Gasteiger partial charge in [0.1, 0.15) is 29.8 Å². The van der Waals surface area contributed by atoms with E-state index in [2.05, 4.69) is 5.32 Å². The molecule has 3 rings (SSSR count). The van der Waals surface area contributed by atoms with Crippen molar-refractivity contribution in [2.45, 2.75) is 26.0 Å². The van der Waals surface area contributed by atoms with Crippen LogP contribution in [-0.4, -0.2) is 24.4 Å². The summed E-state index contributed by atoms with van der Waals surface area (Å²) < 4.78 is 45.5. The second kappa shape index (κ2) is 7.69. The van der Waals surface area contributed by atoms with Gasteiger partial charge in [0.25, 0.3) is 0 Å². The lowest BCUT2D eigenvalue weighted by Crippen LogP contribution is -2.35. The third-order valence-electron chi connectivity index (χ3n) is 4.17. The summed E-state index contributed by atoms with van der Waals surface area (Å²) in [5.74, 6) is -3.00. The van der Waals surface area contributed by atoms with Gasteiger partial charge in [-0.3, -0.25) is 9.59 Å². The molecular weight excluding hydrogens is 361 g/mol. The first-order valence-electron chi connectivity index (χ1n) is 8.27. The van der Waals surface area contributed by atoms with Gasteiger partial charge in [-0.25, -0.2) is 13.2 Å². The fourth-order valence-electron chi connectivity index (χ4n) is 2.93. The lowest BCUT2D eigenvalue weighted by Gasteiger charge is -2.17. The molecule has 8 heteroatoms. The molecular formula is C19H17F3N2O3. The molecule has 0 radical (unpaired) electrons. The molecule has 142 valence electrons. The number of carbonyl (C=O) groups is 2. The average Bonchev–Trinajstić information content (AvgIpc) is 2.94. The van der Waals surface area contributed by atoms with Gasteiger partial charge < -0.3 is 15.0 Å². The number of ether oxygens (including phenoxy) is 1. The van der Waals surface area contributed by atoms with Crippen LogP contribution >= 0.6 is 0 Å². The quantitative estimate of drug-likeness (QED) is 0.870. The average molecular weight is 378 g/mol. The van der Waals surface area contributed by atoms with E-state index in [1.807, 2.05) is 0 Å². The molecule has 0 bridgehead atoms. The highest BCUT2D eigenvalue weighted by Crippen LogP contribution is 2.25. The molecule has 1 heterocycles. The molecule has 1 aliphatic rings. The Bertz CT molecular complexity index is 848. The van der Waals surface area contributed by atoms with Gasteiger partial charge in [-0.2, -0.15) is 0 Å². The topological polar surface area (TPSA) is 58.6 Å². The van der Waals surface area contributed by atoms with Crippen LogP contribution < -0.4 is 15.0 Å². The van der Waals surface area contributed by atoms with E-state index in [4.69, 9.17) is 4.74 Å². The first kappa shape index (κ1) is 18.8. The molecule has 1 fully saturated rings. The Hall–Kier alpha value is -3.03. The van der Waals surface area contributed by atoms with Crippen LogP contribution in [0.3, 0.4) is 0 Å². The molecule has 27 heavy (non-hydrogen) atoms. The maximum absolute atomic E-state index is 13.6. The van der Waals surface area contributed by atoms with Crippen LogP contribution in [0, 0.1) is 17.5 Å². The smallest absolute Gasteiger partial charge is 0.229 e. The van der Waals surface area contributed by atoms with Gasteiger partial charge in [0.15, 0.2) is 0 Å². The second-order valence-corrected chi connectivity index (χ2v) is 6.24. The van der Waals surface area contributed by atoms with Gasteiger partial charge >= 0.3 is 0 Å². The summed E-state index contributed by atoms with van der Waals surface area (Å²) in [6.07, 6.45) is 0.223. The summed E-state index contributed by atoms with van der Waals surface area (Å²) in [7, 11) is 0. The molecule has 2 amide bonds. The minimum Gasteiger partial charge on any atom is -0.489 e. The molecule has 1 atom stereocenters. The zero-order valence-corrected chi connectivity index (χ0v) is 14.5. The summed E-state index contributed by atoms with van der Waals surface area (Å²) in [4.78, 5) is 24.8. The molecule has 1 saturated heterocycles. The van der Waals surface area contributed by atoms with Crippen LogP contribution in [-0.2, 0) is 16.2 Å². The Balaban J connectivity index is 1.64. The number of nitrogens with one attached hydrogen (secondary N) is 1. The van der Waals surface area contributed by atoms with Gasteiger partial charge in [0, 0.05) is 37.7 Å². The number of anilines is 1. The number of hydrogen-bond acceptors (Lipinski definition) is 3. The highest BCUT2D eigenvalue weighted by atomic mass is 19.1. The first-order chi connectivity index (χ1) is 12.8. The van der Waals surface area contributed by atoms with Crippen molar-refractivity contribution in [2.75, 3.05) is 11.4 Å². The summed E-state index contributed by atoms with van der Waals surface area (Å²) in [5, 5.41) is 2.71. The van der Waals surface area contributed by atoms with E-state index in [1.54, 1.807) is 29.2 Å². The third kappa shape index (κ3) is 4.39. The van der Waals surface area contributed by atoms with Crippen molar-refractivity contribution in [1.82, 2.24) is 5.32 Å². The number of hydrogen-bond donors (Lipinski definition) is 1. The molecule has 1 N–H and O–H groups in total. The highest BCUT2D eigenvalue weighted by molar-refractivity contribution is 5.96. The highest BCUT2D eigenvalue weighted by Gasteiger charge is 2.30. The molecule has 0 aromatic heterocycles. The monoisotopic (exact) mass is 378 g/mol. The summed E-state index contributed by atoms with van der Waals surface area (Å²) in [6, 6.07) is 7.35. The molecule has 2 aromatic carbocycles. The van der Waals surface area contributed by atoms with Crippen LogP contribution in [0.15, 0.2) is 36.4 Å². The summed E-state index contributed by atoms with van der Waals surface area (Å²) >= 11 is 0. The zero-order valence-electron chi connectivity index (χ0n) is 14.5. The molecule has 0 unspecified atom stereocenters. The first-order valence-corrected chi connectivity index (χ1v) is 8.27. The Kier molecular flexibility index (Phi) is 5.34. The number of rotatable bonds is 5. The van der Waals surface area contributed by atoms with Crippen molar-refractivity contribution in [3.63, 3.8) is 0 Å². The molecule has 0 spiro atoms. The van der Waals surface area contributed by atoms with Gasteiger partial charge in [-0.1, -0.05) is 0 Å². The van der Waals surface area contributed by atoms with Crippen molar-refractivity contribution in [1.29, 1.82) is 0 Å². The van der Waals surface area contributed by atoms with Gasteiger partial charge in [0.2, 0.25) is 11.8 Å². The van der Waals surface area contributed by atoms with Gasteiger partial charge in [-0.15, -0.1) is 0 Å². The van der Waals surface area contributed by atoms with E-state index in [9.17, 15) is 22.8 Å². The van der Waals surface area contributed by atoms with Crippen LogP contribution in [0.25, 0.3) is 0 Å². The van der Waals surface area contributed by atoms with Crippen molar-refractivity contribution in [3.8, 4) is 5.75 Å². The van der Waals surface area contributed by atoms with Crippen LogP contribution in [0.1, 0.15) is 18.9 Å². The SMILES string of the molecule is CC(=O)N[C@H]1CC(=O)N(c2ccc(OCc3c(F)cc(F)cc3F)cc2)C1. The molecule has 1 aliphatic heterocycles. The number of nitrogens with zero attached hydrogens (tertiary/aromatic N) is 1. The van der Waals surface area contributed by atoms with Crippen LogP contribution in [0.2, 0.25) is 0 Å². The Morgan fingerprint density at radius 2 is 1.81 bits per heavy atom. The number of benzene rings is 2. The molecule has 2 aromatic rings. The molecule has 0 saturated carbocycles. The van der Waals surface area contributed by atoms with Crippen molar-refractivity contribution >= 4 is 17.5 Å². The lowest BCUT2D eigenvalue weighted by atomic mass is 10.2. The fourth-order valence-corrected chi connectivity index (χ4v) is 2.93. The zero-order chi connectivity index (χ0) is 19.6. The van der Waals surface area contributed by atoms with Gasteiger partial charge in [-0.05, 0) is 24.3 Å². The standard InChI is InChI=1S/C19H17F3N2O3/c1-11(25)23-13-8-19(26)24(9-13)14-2-4-15(5-3-14)27-10-16-17(21)6-12(20)7-18(16)22/h2-7,13H,8-10H2,1H3,(H,23,25)/t13-/m0/s1. The van der Waals surface area contributed by atoms with Crippen molar-refractivity contribution < 1.29 is 27.5 Å². The maximum atomic E-state index is 13.6. The Morgan fingerprint density at radius 1 is 1.19 bits per heavy atom. The largest absolute Gasteiger partial charge is 0.489 e. The van der Waals surface area contributed by atoms with Crippen molar-refractivity contribution in [3.05, 3.63) is 59.4 Å². The Morgan fingerprint density at radius 3 is 2.41 bits per heavy atom. The minimum absolute atomic E-state index is 0.113. The molecule has 0 aliphatic carbocycles. The van der Waals surface area contributed by atoms with E-state index in [0.29, 0.717) is 30.1 Å². The van der Waals surface area contributed by atoms with E-state index in [0.717, 1.165) is 0 Å². The minimum atomic E-state index is -1.02.